The van der Waals surface area contributed by atoms with Crippen molar-refractivity contribution in [3.8, 4) is 0 Å². The first-order valence-electron chi connectivity index (χ1n) is 12.2. The Morgan fingerprint density at radius 1 is 1.13 bits per heavy atom. The predicted octanol–water partition coefficient (Wildman–Crippen LogP) is 3.14. The van der Waals surface area contributed by atoms with Crippen LogP contribution in [-0.4, -0.2) is 76.6 Å². The molecule has 0 spiro atoms. The normalized spacial score (nSPS) is 17.5. The summed E-state index contributed by atoms with van der Waals surface area (Å²) in [6.45, 7) is 5.32. The molecule has 1 aliphatic rings. The first kappa shape index (κ1) is 27.0. The lowest BCUT2D eigenvalue weighted by atomic mass is 9.90. The number of anilines is 1. The lowest BCUT2D eigenvalue weighted by Crippen LogP contribution is -2.40. The molecule has 13 heteroatoms. The molecule has 4 rings (SSSR count). The molecule has 0 aliphatic carbocycles. The van der Waals surface area contributed by atoms with Crippen LogP contribution in [0.1, 0.15) is 25.8 Å². The minimum Gasteiger partial charge on any atom is -0.465 e. The molecule has 3 heterocycles. The number of fused-ring (bicyclic) bond motifs is 1. The average Bonchev–Trinajstić information content (AvgIpc) is 3.52. The molecule has 2 amide bonds. The van der Waals surface area contributed by atoms with Gasteiger partial charge in [0, 0.05) is 25.2 Å². The van der Waals surface area contributed by atoms with E-state index in [-0.39, 0.29) is 53.3 Å². The second-order valence-corrected chi connectivity index (χ2v) is 10.9. The third-order valence-electron chi connectivity index (χ3n) is 6.65. The van der Waals surface area contributed by atoms with Gasteiger partial charge in [-0.3, -0.25) is 9.69 Å². The summed E-state index contributed by atoms with van der Waals surface area (Å²) in [5.74, 6) is -1.06. The van der Waals surface area contributed by atoms with Crippen LogP contribution in [0.3, 0.4) is 0 Å². The summed E-state index contributed by atoms with van der Waals surface area (Å²) in [7, 11) is -3.95. The Morgan fingerprint density at radius 2 is 1.84 bits per heavy atom. The van der Waals surface area contributed by atoms with E-state index in [1.165, 1.54) is 35.5 Å². The summed E-state index contributed by atoms with van der Waals surface area (Å²) < 4.78 is 32.5. The molecule has 12 nitrogen and oxygen atoms in total. The second kappa shape index (κ2) is 10.8. The van der Waals surface area contributed by atoms with Crippen LogP contribution >= 0.6 is 0 Å². The van der Waals surface area contributed by atoms with Crippen molar-refractivity contribution in [1.82, 2.24) is 18.8 Å². The van der Waals surface area contributed by atoms with Gasteiger partial charge in [0.2, 0.25) is 0 Å². The summed E-state index contributed by atoms with van der Waals surface area (Å²) in [5, 5.41) is 9.36. The lowest BCUT2D eigenvalue weighted by Gasteiger charge is -2.23. The van der Waals surface area contributed by atoms with Gasteiger partial charge in [-0.05, 0) is 38.0 Å². The standard InChI is InChI=1S/C25H29N5O7S/c1-4-17-13-28(24(32)33)14-19(17)21(31)15-29(25(34)37-5-2)22-12-26-23-20(27-22)10-11-30(23)38(35,36)18-8-6-16(3)7-9-18/h6-12,17,19H,4-5,13-15H2,1-3H3,(H,32,33)/t17-,19?/m1/s1. The number of likely N-dealkylation sites (tertiary alicyclic amines) is 1. The van der Waals surface area contributed by atoms with Crippen molar-refractivity contribution in [2.24, 2.45) is 11.8 Å². The molecule has 1 aliphatic heterocycles. The number of hydrogen-bond acceptors (Lipinski definition) is 8. The summed E-state index contributed by atoms with van der Waals surface area (Å²) in [6.07, 6.45) is 1.23. The largest absolute Gasteiger partial charge is 0.465 e. The van der Waals surface area contributed by atoms with E-state index in [9.17, 15) is 27.9 Å². The van der Waals surface area contributed by atoms with Gasteiger partial charge in [-0.1, -0.05) is 31.0 Å². The maximum atomic E-state index is 13.3. The fourth-order valence-corrected chi connectivity index (χ4v) is 5.84. The van der Waals surface area contributed by atoms with Gasteiger partial charge in [0.05, 0.1) is 24.2 Å². The van der Waals surface area contributed by atoms with Crippen LogP contribution in [0.25, 0.3) is 11.2 Å². The minimum atomic E-state index is -3.95. The molecule has 1 fully saturated rings. The van der Waals surface area contributed by atoms with Crippen molar-refractivity contribution in [2.75, 3.05) is 31.1 Å². The van der Waals surface area contributed by atoms with Crippen molar-refractivity contribution in [3.63, 3.8) is 0 Å². The van der Waals surface area contributed by atoms with Crippen LogP contribution in [0.15, 0.2) is 47.6 Å². The highest BCUT2D eigenvalue weighted by molar-refractivity contribution is 7.90. The van der Waals surface area contributed by atoms with Crippen LogP contribution in [0.2, 0.25) is 0 Å². The number of carbonyl (C=O) groups excluding carboxylic acids is 2. The van der Waals surface area contributed by atoms with Gasteiger partial charge in [0.1, 0.15) is 5.52 Å². The number of carbonyl (C=O) groups is 3. The molecule has 1 N–H and O–H groups in total. The number of aromatic nitrogens is 3. The highest BCUT2D eigenvalue weighted by Crippen LogP contribution is 2.28. The summed E-state index contributed by atoms with van der Waals surface area (Å²) in [4.78, 5) is 48.5. The Morgan fingerprint density at radius 3 is 2.47 bits per heavy atom. The Hall–Kier alpha value is -4.00. The van der Waals surface area contributed by atoms with Crippen molar-refractivity contribution in [3.05, 3.63) is 48.3 Å². The highest BCUT2D eigenvalue weighted by atomic mass is 32.2. The average molecular weight is 544 g/mol. The SMILES string of the molecule is CCOC(=O)N(CC(=O)C1CN(C(=O)O)C[C@H]1CC)c1cnc2c(ccn2S(=O)(=O)c2ccc(C)cc2)n1. The summed E-state index contributed by atoms with van der Waals surface area (Å²) >= 11 is 0. The third kappa shape index (κ3) is 5.19. The zero-order valence-electron chi connectivity index (χ0n) is 21.3. The van der Waals surface area contributed by atoms with Crippen LogP contribution in [-0.2, 0) is 19.6 Å². The molecule has 1 aromatic carbocycles. The molecular formula is C25H29N5O7S. The molecule has 1 saturated heterocycles. The number of benzene rings is 1. The zero-order chi connectivity index (χ0) is 27.6. The van der Waals surface area contributed by atoms with E-state index in [0.717, 1.165) is 14.4 Å². The van der Waals surface area contributed by atoms with Crippen LogP contribution < -0.4 is 4.90 Å². The Balaban J connectivity index is 1.65. The smallest absolute Gasteiger partial charge is 0.415 e. The molecule has 2 aromatic heterocycles. The van der Waals surface area contributed by atoms with E-state index in [0.29, 0.717) is 6.42 Å². The second-order valence-electron chi connectivity index (χ2n) is 9.08. The minimum absolute atomic E-state index is 0.0101. The highest BCUT2D eigenvalue weighted by Gasteiger charge is 2.39. The molecule has 1 unspecified atom stereocenters. The molecule has 38 heavy (non-hydrogen) atoms. The number of nitrogens with zero attached hydrogens (tertiary/aromatic N) is 5. The first-order valence-corrected chi connectivity index (χ1v) is 13.6. The maximum absolute atomic E-state index is 13.3. The van der Waals surface area contributed by atoms with Crippen LogP contribution in [0, 0.1) is 18.8 Å². The number of carboxylic acid groups (broad SMARTS) is 1. The molecule has 0 radical (unpaired) electrons. The number of ketones is 1. The third-order valence-corrected chi connectivity index (χ3v) is 8.33. The molecule has 0 bridgehead atoms. The first-order chi connectivity index (χ1) is 18.1. The number of ether oxygens (including phenoxy) is 1. The maximum Gasteiger partial charge on any atom is 0.415 e. The van der Waals surface area contributed by atoms with Crippen molar-refractivity contribution >= 4 is 45.0 Å². The van der Waals surface area contributed by atoms with Crippen molar-refractivity contribution < 1.29 is 32.6 Å². The number of Topliss-reactive ketones (excluding diaryl/α,β-unsaturated/α-hetero) is 1. The quantitative estimate of drug-likeness (QED) is 0.451. The van der Waals surface area contributed by atoms with E-state index in [2.05, 4.69) is 9.97 Å². The van der Waals surface area contributed by atoms with Gasteiger partial charge in [-0.15, -0.1) is 0 Å². The van der Waals surface area contributed by atoms with Gasteiger partial charge >= 0.3 is 12.2 Å². The van der Waals surface area contributed by atoms with E-state index in [4.69, 9.17) is 4.74 Å². The molecule has 3 aromatic rings. The van der Waals surface area contributed by atoms with E-state index in [1.54, 1.807) is 19.1 Å². The molecule has 2 atom stereocenters. The Labute approximate surface area is 219 Å². The van der Waals surface area contributed by atoms with Gasteiger partial charge in [0.25, 0.3) is 10.0 Å². The Kier molecular flexibility index (Phi) is 7.67. The van der Waals surface area contributed by atoms with Crippen LogP contribution in [0.4, 0.5) is 15.4 Å². The summed E-state index contributed by atoms with van der Waals surface area (Å²) in [6, 6.07) is 7.85. The molecule has 202 valence electrons. The monoisotopic (exact) mass is 543 g/mol. The van der Waals surface area contributed by atoms with E-state index in [1.807, 2.05) is 13.8 Å². The van der Waals surface area contributed by atoms with Gasteiger partial charge < -0.3 is 14.7 Å². The van der Waals surface area contributed by atoms with Crippen molar-refractivity contribution in [2.45, 2.75) is 32.1 Å². The van der Waals surface area contributed by atoms with E-state index >= 15 is 0 Å². The summed E-state index contributed by atoms with van der Waals surface area (Å²) in [5.41, 5.74) is 1.17. The zero-order valence-corrected chi connectivity index (χ0v) is 22.1. The molecule has 0 saturated carbocycles. The lowest BCUT2D eigenvalue weighted by molar-refractivity contribution is -0.122. The number of amides is 2. The number of aryl methyl sites for hydroxylation is 1. The number of hydrogen-bond donors (Lipinski definition) is 1. The predicted molar refractivity (Wildman–Crippen MR) is 138 cm³/mol. The fourth-order valence-electron chi connectivity index (χ4n) is 4.55. The van der Waals surface area contributed by atoms with Crippen molar-refractivity contribution in [1.29, 1.82) is 0 Å². The fraction of sp³-hybridized carbons (Fsp3) is 0.400. The molecular weight excluding hydrogens is 514 g/mol. The van der Waals surface area contributed by atoms with Gasteiger partial charge in [-0.2, -0.15) is 0 Å². The van der Waals surface area contributed by atoms with E-state index < -0.39 is 34.7 Å². The Bertz CT molecular complexity index is 1470. The topological polar surface area (TPSA) is 152 Å². The van der Waals surface area contributed by atoms with Gasteiger partial charge in [0.15, 0.2) is 17.2 Å². The van der Waals surface area contributed by atoms with Crippen LogP contribution in [0.5, 0.6) is 0 Å². The van der Waals surface area contributed by atoms with Gasteiger partial charge in [-0.25, -0.2) is 31.9 Å². The number of rotatable bonds is 8.